The van der Waals surface area contributed by atoms with Crippen LogP contribution in [0.5, 0.6) is 0 Å². The summed E-state index contributed by atoms with van der Waals surface area (Å²) in [5, 5.41) is 3.42. The second-order valence-electron chi connectivity index (χ2n) is 5.23. The molecule has 0 aliphatic heterocycles. The fourth-order valence-electron chi connectivity index (χ4n) is 2.26. The maximum atomic E-state index is 12.1. The number of thiazole rings is 1. The minimum absolute atomic E-state index is 0.190. The summed E-state index contributed by atoms with van der Waals surface area (Å²) in [6, 6.07) is 9.64. The van der Waals surface area contributed by atoms with Crippen molar-refractivity contribution in [3.05, 3.63) is 58.9 Å². The molecule has 0 saturated heterocycles. The first-order valence-electron chi connectivity index (χ1n) is 7.51. The molecular formula is C17H17N5OS. The van der Waals surface area contributed by atoms with Gasteiger partial charge in [0.1, 0.15) is 0 Å². The summed E-state index contributed by atoms with van der Waals surface area (Å²) in [7, 11) is 0. The van der Waals surface area contributed by atoms with Crippen LogP contribution in [0.1, 0.15) is 20.9 Å². The van der Waals surface area contributed by atoms with E-state index in [4.69, 9.17) is 5.73 Å². The van der Waals surface area contributed by atoms with E-state index in [1.807, 2.05) is 37.3 Å². The van der Waals surface area contributed by atoms with E-state index < -0.39 is 0 Å². The molecule has 0 atom stereocenters. The van der Waals surface area contributed by atoms with Crippen molar-refractivity contribution in [1.82, 2.24) is 20.3 Å². The Kier molecular flexibility index (Phi) is 4.81. The van der Waals surface area contributed by atoms with E-state index in [1.54, 1.807) is 12.4 Å². The third kappa shape index (κ3) is 3.75. The lowest BCUT2D eigenvalue weighted by Gasteiger charge is -2.05. The molecule has 0 bridgehead atoms. The van der Waals surface area contributed by atoms with Crippen molar-refractivity contribution >= 4 is 22.4 Å². The first kappa shape index (κ1) is 16.1. The lowest BCUT2D eigenvalue weighted by molar-refractivity contribution is 0.0953. The number of nitrogens with one attached hydrogen (secondary N) is 1. The summed E-state index contributed by atoms with van der Waals surface area (Å²) in [6.45, 7) is 2.43. The second-order valence-corrected chi connectivity index (χ2v) is 6.34. The predicted octanol–water partition coefficient (Wildman–Crippen LogP) is 2.46. The van der Waals surface area contributed by atoms with Gasteiger partial charge in [0.2, 0.25) is 0 Å². The second kappa shape index (κ2) is 7.18. The van der Waals surface area contributed by atoms with E-state index in [2.05, 4.69) is 20.3 Å². The third-order valence-corrected chi connectivity index (χ3v) is 4.54. The molecule has 0 unspecified atom stereocenters. The Bertz CT molecular complexity index is 830. The summed E-state index contributed by atoms with van der Waals surface area (Å²) in [5.74, 6) is 0.410. The van der Waals surface area contributed by atoms with E-state index >= 15 is 0 Å². The molecule has 0 radical (unpaired) electrons. The van der Waals surface area contributed by atoms with Crippen molar-refractivity contribution in [2.75, 3.05) is 12.3 Å². The highest BCUT2D eigenvalue weighted by molar-refractivity contribution is 7.15. The molecule has 1 aromatic carbocycles. The number of nitrogens with two attached hydrogens (primary N) is 1. The van der Waals surface area contributed by atoms with Gasteiger partial charge in [-0.3, -0.25) is 4.79 Å². The molecule has 6 nitrogen and oxygen atoms in total. The van der Waals surface area contributed by atoms with Gasteiger partial charge in [-0.2, -0.15) is 0 Å². The lowest BCUT2D eigenvalue weighted by atomic mass is 10.2. The molecule has 3 rings (SSSR count). The molecular weight excluding hydrogens is 322 g/mol. The van der Waals surface area contributed by atoms with Crippen LogP contribution < -0.4 is 11.1 Å². The van der Waals surface area contributed by atoms with Gasteiger partial charge in [0.15, 0.2) is 11.0 Å². The van der Waals surface area contributed by atoms with Crippen LogP contribution in [0.25, 0.3) is 11.4 Å². The van der Waals surface area contributed by atoms with Crippen LogP contribution in [0, 0.1) is 6.92 Å². The molecule has 0 aliphatic rings. The first-order valence-corrected chi connectivity index (χ1v) is 8.32. The quantitative estimate of drug-likeness (QED) is 0.745. The Morgan fingerprint density at radius 1 is 1.21 bits per heavy atom. The number of hydrogen-bond donors (Lipinski definition) is 2. The Morgan fingerprint density at radius 3 is 2.54 bits per heavy atom. The minimum Gasteiger partial charge on any atom is -0.375 e. The third-order valence-electron chi connectivity index (χ3n) is 3.49. The number of rotatable bonds is 5. The van der Waals surface area contributed by atoms with Gasteiger partial charge >= 0.3 is 0 Å². The van der Waals surface area contributed by atoms with Gasteiger partial charge in [-0.1, -0.05) is 30.3 Å². The van der Waals surface area contributed by atoms with Gasteiger partial charge in [-0.25, -0.2) is 15.0 Å². The number of aryl methyl sites for hydroxylation is 1. The number of benzene rings is 1. The van der Waals surface area contributed by atoms with Gasteiger partial charge in [0.25, 0.3) is 5.91 Å². The molecule has 1 amide bonds. The van der Waals surface area contributed by atoms with Gasteiger partial charge in [-0.15, -0.1) is 11.3 Å². The van der Waals surface area contributed by atoms with Gasteiger partial charge in [0.05, 0.1) is 11.3 Å². The number of hydrogen-bond acceptors (Lipinski definition) is 6. The molecule has 0 aliphatic carbocycles. The maximum absolute atomic E-state index is 12.1. The number of carbonyl (C=O) groups excluding carboxylic acids is 1. The standard InChI is InChI=1S/C17H17N5OS/c1-11-14(24-17(18)22-11)7-8-19-16(23)13-9-20-15(21-10-13)12-5-3-2-4-6-12/h2-6,9-10H,7-8H2,1H3,(H2,18,22)(H,19,23). The SMILES string of the molecule is Cc1nc(N)sc1CCNC(=O)c1cnc(-c2ccccc2)nc1. The lowest BCUT2D eigenvalue weighted by Crippen LogP contribution is -2.26. The van der Waals surface area contributed by atoms with Gasteiger partial charge < -0.3 is 11.1 Å². The fraction of sp³-hybridized carbons (Fsp3) is 0.176. The van der Waals surface area contributed by atoms with Crippen molar-refractivity contribution in [2.45, 2.75) is 13.3 Å². The predicted molar refractivity (Wildman–Crippen MR) is 94.8 cm³/mol. The zero-order valence-corrected chi connectivity index (χ0v) is 14.0. The number of nitrogens with zero attached hydrogens (tertiary/aromatic N) is 3. The number of nitrogen functional groups attached to an aromatic ring is 1. The van der Waals surface area contributed by atoms with Crippen LogP contribution in [-0.4, -0.2) is 27.4 Å². The fourth-order valence-corrected chi connectivity index (χ4v) is 3.09. The van der Waals surface area contributed by atoms with Crippen molar-refractivity contribution in [3.63, 3.8) is 0 Å². The molecule has 24 heavy (non-hydrogen) atoms. The maximum Gasteiger partial charge on any atom is 0.254 e. The van der Waals surface area contributed by atoms with Crippen LogP contribution in [0.4, 0.5) is 5.13 Å². The van der Waals surface area contributed by atoms with Crippen molar-refractivity contribution in [2.24, 2.45) is 0 Å². The number of aromatic nitrogens is 3. The van der Waals surface area contributed by atoms with Crippen molar-refractivity contribution in [1.29, 1.82) is 0 Å². The minimum atomic E-state index is -0.190. The van der Waals surface area contributed by atoms with Crippen LogP contribution in [0.3, 0.4) is 0 Å². The average molecular weight is 339 g/mol. The Labute approximate surface area is 143 Å². The molecule has 2 aromatic heterocycles. The Morgan fingerprint density at radius 2 is 1.92 bits per heavy atom. The highest BCUT2D eigenvalue weighted by atomic mass is 32.1. The average Bonchev–Trinajstić information content (AvgIpc) is 2.93. The zero-order chi connectivity index (χ0) is 16.9. The monoisotopic (exact) mass is 339 g/mol. The largest absolute Gasteiger partial charge is 0.375 e. The van der Waals surface area contributed by atoms with E-state index in [-0.39, 0.29) is 5.91 Å². The summed E-state index contributed by atoms with van der Waals surface area (Å²) in [5.41, 5.74) is 7.95. The molecule has 7 heteroatoms. The highest BCUT2D eigenvalue weighted by Gasteiger charge is 2.09. The van der Waals surface area contributed by atoms with Crippen LogP contribution in [0.15, 0.2) is 42.7 Å². The Hall–Kier alpha value is -2.80. The van der Waals surface area contributed by atoms with Crippen LogP contribution in [-0.2, 0) is 6.42 Å². The number of carbonyl (C=O) groups is 1. The smallest absolute Gasteiger partial charge is 0.254 e. The molecule has 3 aromatic rings. The van der Waals surface area contributed by atoms with E-state index in [9.17, 15) is 4.79 Å². The van der Waals surface area contributed by atoms with E-state index in [0.29, 0.717) is 29.5 Å². The van der Waals surface area contributed by atoms with Gasteiger partial charge in [0, 0.05) is 35.8 Å². The van der Waals surface area contributed by atoms with Crippen LogP contribution in [0.2, 0.25) is 0 Å². The van der Waals surface area contributed by atoms with Crippen molar-refractivity contribution in [3.8, 4) is 11.4 Å². The van der Waals surface area contributed by atoms with E-state index in [0.717, 1.165) is 16.1 Å². The molecule has 3 N–H and O–H groups in total. The van der Waals surface area contributed by atoms with E-state index in [1.165, 1.54) is 11.3 Å². The molecule has 0 saturated carbocycles. The first-order chi connectivity index (χ1) is 11.6. The highest BCUT2D eigenvalue weighted by Crippen LogP contribution is 2.19. The Balaban J connectivity index is 1.58. The summed E-state index contributed by atoms with van der Waals surface area (Å²) in [6.07, 6.45) is 3.79. The molecule has 122 valence electrons. The molecule has 2 heterocycles. The normalized spacial score (nSPS) is 10.5. The summed E-state index contributed by atoms with van der Waals surface area (Å²) < 4.78 is 0. The zero-order valence-electron chi connectivity index (χ0n) is 13.2. The molecule has 0 fully saturated rings. The van der Waals surface area contributed by atoms with Gasteiger partial charge in [-0.05, 0) is 6.92 Å². The number of anilines is 1. The topological polar surface area (TPSA) is 93.8 Å². The number of amides is 1. The summed E-state index contributed by atoms with van der Waals surface area (Å²) >= 11 is 1.45. The molecule has 0 spiro atoms. The van der Waals surface area contributed by atoms with Crippen molar-refractivity contribution < 1.29 is 4.79 Å². The van der Waals surface area contributed by atoms with Crippen LogP contribution >= 0.6 is 11.3 Å². The summed E-state index contributed by atoms with van der Waals surface area (Å²) in [4.78, 5) is 25.9.